The molecule has 4 rings (SSSR count). The molecule has 3 N–H and O–H groups in total. The third-order valence-electron chi connectivity index (χ3n) is 5.70. The molecule has 0 saturated heterocycles. The first-order valence-corrected chi connectivity index (χ1v) is 12.2. The second-order valence-electron chi connectivity index (χ2n) is 8.10. The van der Waals surface area contributed by atoms with Crippen LogP contribution in [0.3, 0.4) is 0 Å². The molecule has 196 valence electrons. The first-order valence-electron chi connectivity index (χ1n) is 11.2. The topological polar surface area (TPSA) is 160 Å². The number of nitrogens with one attached hydrogen (secondary N) is 1. The number of thioether (sulfide) groups is 1. The van der Waals surface area contributed by atoms with Crippen molar-refractivity contribution < 1.29 is 19.1 Å². The normalized spacial score (nSPS) is 10.8. The maximum atomic E-state index is 13.1. The molecule has 0 radical (unpaired) electrons. The van der Waals surface area contributed by atoms with Gasteiger partial charge in [0, 0.05) is 30.9 Å². The number of ether oxygens (including phenoxy) is 2. The standard InChI is InChI=1S/C25H24N6O6S/c1-30-22-19(24(34)31(2)25(30)35)23(29-21(28-22)14-7-10-16(36-3)17(11-14)37-4)38-12-18(32)27-15-8-5-13(6-9-15)20(26)33/h5-11H,12H2,1-4H3,(H2,26,33)(H,27,32). The van der Waals surface area contributed by atoms with Gasteiger partial charge in [0.2, 0.25) is 11.8 Å². The smallest absolute Gasteiger partial charge is 0.332 e. The van der Waals surface area contributed by atoms with E-state index in [1.54, 1.807) is 30.3 Å². The number of benzene rings is 2. The minimum atomic E-state index is -0.577. The fourth-order valence-corrected chi connectivity index (χ4v) is 4.50. The quantitative estimate of drug-likeness (QED) is 0.251. The molecule has 0 aliphatic carbocycles. The molecule has 2 aromatic heterocycles. The van der Waals surface area contributed by atoms with E-state index in [-0.39, 0.29) is 33.5 Å². The van der Waals surface area contributed by atoms with E-state index < -0.39 is 17.2 Å². The minimum absolute atomic E-state index is 0.0962. The summed E-state index contributed by atoms with van der Waals surface area (Å²) in [6, 6.07) is 11.2. The first kappa shape index (κ1) is 26.4. The van der Waals surface area contributed by atoms with Crippen molar-refractivity contribution in [1.82, 2.24) is 19.1 Å². The Hall–Kier alpha value is -4.65. The number of carbonyl (C=O) groups excluding carboxylic acids is 2. The minimum Gasteiger partial charge on any atom is -0.493 e. The number of aryl methyl sites for hydroxylation is 1. The Morgan fingerprint density at radius 2 is 1.66 bits per heavy atom. The molecular formula is C25H24N6O6S. The monoisotopic (exact) mass is 536 g/mol. The van der Waals surface area contributed by atoms with Gasteiger partial charge in [0.1, 0.15) is 10.4 Å². The number of methoxy groups -OCH3 is 2. The number of anilines is 1. The van der Waals surface area contributed by atoms with Gasteiger partial charge in [0.15, 0.2) is 23.0 Å². The van der Waals surface area contributed by atoms with Crippen molar-refractivity contribution in [1.29, 1.82) is 0 Å². The van der Waals surface area contributed by atoms with Crippen molar-refractivity contribution in [2.75, 3.05) is 25.3 Å². The lowest BCUT2D eigenvalue weighted by molar-refractivity contribution is -0.113. The molecule has 38 heavy (non-hydrogen) atoms. The number of amides is 2. The molecule has 4 aromatic rings. The Morgan fingerprint density at radius 3 is 2.29 bits per heavy atom. The molecule has 0 atom stereocenters. The summed E-state index contributed by atoms with van der Waals surface area (Å²) in [5.41, 5.74) is 5.59. The number of hydrogen-bond acceptors (Lipinski definition) is 9. The van der Waals surface area contributed by atoms with Crippen LogP contribution in [0.4, 0.5) is 5.69 Å². The summed E-state index contributed by atoms with van der Waals surface area (Å²) in [5.74, 6) is 0.141. The van der Waals surface area contributed by atoms with Crippen LogP contribution in [0.1, 0.15) is 10.4 Å². The zero-order valence-corrected chi connectivity index (χ0v) is 21.8. The van der Waals surface area contributed by atoms with Crippen molar-refractivity contribution in [2.24, 2.45) is 19.8 Å². The Labute approximate surface area is 220 Å². The summed E-state index contributed by atoms with van der Waals surface area (Å²) in [6.07, 6.45) is 0. The number of hydrogen-bond donors (Lipinski definition) is 2. The Morgan fingerprint density at radius 1 is 0.974 bits per heavy atom. The predicted molar refractivity (Wildman–Crippen MR) is 143 cm³/mol. The highest BCUT2D eigenvalue weighted by Crippen LogP contribution is 2.33. The van der Waals surface area contributed by atoms with E-state index in [1.807, 2.05) is 0 Å². The molecule has 2 aromatic carbocycles. The van der Waals surface area contributed by atoms with Gasteiger partial charge in [-0.25, -0.2) is 14.8 Å². The average molecular weight is 537 g/mol. The van der Waals surface area contributed by atoms with Gasteiger partial charge in [-0.05, 0) is 42.5 Å². The van der Waals surface area contributed by atoms with E-state index >= 15 is 0 Å². The first-order chi connectivity index (χ1) is 18.1. The van der Waals surface area contributed by atoms with Gasteiger partial charge in [0.25, 0.3) is 5.56 Å². The maximum Gasteiger partial charge on any atom is 0.332 e. The van der Waals surface area contributed by atoms with Crippen molar-refractivity contribution >= 4 is 40.3 Å². The van der Waals surface area contributed by atoms with E-state index in [4.69, 9.17) is 15.2 Å². The third-order valence-corrected chi connectivity index (χ3v) is 6.68. The van der Waals surface area contributed by atoms with Gasteiger partial charge in [-0.2, -0.15) is 0 Å². The van der Waals surface area contributed by atoms with Gasteiger partial charge >= 0.3 is 5.69 Å². The van der Waals surface area contributed by atoms with Crippen molar-refractivity contribution in [2.45, 2.75) is 5.03 Å². The summed E-state index contributed by atoms with van der Waals surface area (Å²) in [4.78, 5) is 58.7. The van der Waals surface area contributed by atoms with Crippen LogP contribution in [0.5, 0.6) is 11.5 Å². The summed E-state index contributed by atoms with van der Waals surface area (Å²) >= 11 is 1.03. The van der Waals surface area contributed by atoms with Gasteiger partial charge in [-0.15, -0.1) is 0 Å². The highest BCUT2D eigenvalue weighted by Gasteiger charge is 2.20. The molecule has 0 fully saturated rings. The lowest BCUT2D eigenvalue weighted by atomic mass is 10.2. The third kappa shape index (κ3) is 5.09. The summed E-state index contributed by atoms with van der Waals surface area (Å²) in [7, 11) is 5.88. The molecule has 0 aliphatic heterocycles. The zero-order chi connectivity index (χ0) is 27.6. The van der Waals surface area contributed by atoms with Crippen LogP contribution in [-0.4, -0.2) is 50.9 Å². The van der Waals surface area contributed by atoms with E-state index in [2.05, 4.69) is 15.3 Å². The number of rotatable bonds is 8. The summed E-state index contributed by atoms with van der Waals surface area (Å²) in [6.45, 7) is 0. The fraction of sp³-hybridized carbons (Fsp3) is 0.200. The number of fused-ring (bicyclic) bond motifs is 1. The Bertz CT molecular complexity index is 1680. The molecular weight excluding hydrogens is 512 g/mol. The fourth-order valence-electron chi connectivity index (χ4n) is 3.69. The van der Waals surface area contributed by atoms with Crippen molar-refractivity contribution in [3.05, 3.63) is 68.9 Å². The van der Waals surface area contributed by atoms with Crippen LogP contribution < -0.4 is 31.8 Å². The van der Waals surface area contributed by atoms with Crippen LogP contribution >= 0.6 is 11.8 Å². The van der Waals surface area contributed by atoms with E-state index in [0.29, 0.717) is 28.3 Å². The molecule has 12 nitrogen and oxygen atoms in total. The lowest BCUT2D eigenvalue weighted by Crippen LogP contribution is -2.37. The Kier molecular flexibility index (Phi) is 7.48. The lowest BCUT2D eigenvalue weighted by Gasteiger charge is -2.13. The highest BCUT2D eigenvalue weighted by molar-refractivity contribution is 8.00. The van der Waals surface area contributed by atoms with Gasteiger partial charge < -0.3 is 20.5 Å². The highest BCUT2D eigenvalue weighted by atomic mass is 32.2. The van der Waals surface area contributed by atoms with E-state index in [9.17, 15) is 19.2 Å². The number of nitrogens with zero attached hydrogens (tertiary/aromatic N) is 4. The maximum absolute atomic E-state index is 13.1. The van der Waals surface area contributed by atoms with Crippen LogP contribution in [0.25, 0.3) is 22.4 Å². The number of primary amides is 1. The molecule has 0 aliphatic rings. The molecule has 0 spiro atoms. The van der Waals surface area contributed by atoms with Crippen LogP contribution in [0.2, 0.25) is 0 Å². The Balaban J connectivity index is 1.74. The molecule has 0 unspecified atom stereocenters. The van der Waals surface area contributed by atoms with Gasteiger partial charge in [-0.3, -0.25) is 23.5 Å². The number of nitrogens with two attached hydrogens (primary N) is 1. The molecule has 13 heteroatoms. The SMILES string of the molecule is COc1ccc(-c2nc(SCC(=O)Nc3ccc(C(N)=O)cc3)c3c(=O)n(C)c(=O)n(C)c3n2)cc1OC. The molecule has 0 bridgehead atoms. The predicted octanol–water partition coefficient (Wildman–Crippen LogP) is 1.54. The zero-order valence-electron chi connectivity index (χ0n) is 21.0. The van der Waals surface area contributed by atoms with Gasteiger partial charge in [-0.1, -0.05) is 11.8 Å². The second-order valence-corrected chi connectivity index (χ2v) is 9.07. The average Bonchev–Trinajstić information content (AvgIpc) is 2.93. The number of carbonyl (C=O) groups is 2. The van der Waals surface area contributed by atoms with Crippen molar-refractivity contribution in [3.8, 4) is 22.9 Å². The van der Waals surface area contributed by atoms with Crippen molar-refractivity contribution in [3.63, 3.8) is 0 Å². The largest absolute Gasteiger partial charge is 0.493 e. The van der Waals surface area contributed by atoms with Gasteiger partial charge in [0.05, 0.1) is 20.0 Å². The van der Waals surface area contributed by atoms with E-state index in [0.717, 1.165) is 16.3 Å². The van der Waals surface area contributed by atoms with Crippen LogP contribution in [-0.2, 0) is 18.9 Å². The second kappa shape index (κ2) is 10.8. The number of aromatic nitrogens is 4. The molecule has 2 heterocycles. The summed E-state index contributed by atoms with van der Waals surface area (Å²) in [5, 5.41) is 3.07. The summed E-state index contributed by atoms with van der Waals surface area (Å²) < 4.78 is 12.9. The van der Waals surface area contributed by atoms with Crippen LogP contribution in [0.15, 0.2) is 57.1 Å². The molecule has 0 saturated carbocycles. The molecule has 2 amide bonds. The van der Waals surface area contributed by atoms with E-state index in [1.165, 1.54) is 45.0 Å². The van der Waals surface area contributed by atoms with Crippen LogP contribution in [0, 0.1) is 0 Å².